The van der Waals surface area contributed by atoms with Crippen molar-refractivity contribution in [2.75, 3.05) is 13.2 Å². The lowest BCUT2D eigenvalue weighted by molar-refractivity contribution is 0.144. The monoisotopic (exact) mass is 357 g/mol. The van der Waals surface area contributed by atoms with Gasteiger partial charge in [0.1, 0.15) is 6.61 Å². The molecule has 0 heterocycles. The molecule has 3 nitrogen and oxygen atoms in total. The van der Waals surface area contributed by atoms with E-state index in [2.05, 4.69) is 52.1 Å². The number of alkyl carbamates (subject to hydrolysis) is 1. The molecule has 0 aliphatic heterocycles. The summed E-state index contributed by atoms with van der Waals surface area (Å²) in [4.78, 5) is 11.7. The van der Waals surface area contributed by atoms with Crippen molar-refractivity contribution in [1.82, 2.24) is 5.32 Å². The molecule has 1 amide bonds. The number of carbonyl (C=O) groups excluding carboxylic acids is 1. The zero-order chi connectivity index (χ0) is 15.5. The first-order chi connectivity index (χ1) is 10.7. The minimum absolute atomic E-state index is 0.0883. The SMILES string of the molecule is C=C(Br)CNC(=O)OCC1c2ccccc2-c2ccccc21. The van der Waals surface area contributed by atoms with E-state index in [0.29, 0.717) is 17.6 Å². The minimum Gasteiger partial charge on any atom is -0.449 e. The van der Waals surface area contributed by atoms with Crippen molar-refractivity contribution in [2.45, 2.75) is 5.92 Å². The average Bonchev–Trinajstić information content (AvgIpc) is 2.85. The Morgan fingerprint density at radius 1 is 1.09 bits per heavy atom. The highest BCUT2D eigenvalue weighted by Gasteiger charge is 2.28. The summed E-state index contributed by atoms with van der Waals surface area (Å²) < 4.78 is 6.09. The number of hydrogen-bond acceptors (Lipinski definition) is 2. The van der Waals surface area contributed by atoms with Gasteiger partial charge in [-0.15, -0.1) is 0 Å². The number of rotatable bonds is 4. The Morgan fingerprint density at radius 3 is 2.18 bits per heavy atom. The second-order valence-corrected chi connectivity index (χ2v) is 6.32. The summed E-state index contributed by atoms with van der Waals surface area (Å²) in [6, 6.07) is 16.5. The number of carbonyl (C=O) groups is 1. The van der Waals surface area contributed by atoms with E-state index in [1.54, 1.807) is 0 Å². The molecule has 22 heavy (non-hydrogen) atoms. The van der Waals surface area contributed by atoms with Crippen molar-refractivity contribution in [3.8, 4) is 11.1 Å². The van der Waals surface area contributed by atoms with Gasteiger partial charge in [-0.2, -0.15) is 0 Å². The van der Waals surface area contributed by atoms with E-state index < -0.39 is 6.09 Å². The van der Waals surface area contributed by atoms with Gasteiger partial charge in [-0.3, -0.25) is 0 Å². The van der Waals surface area contributed by atoms with Gasteiger partial charge in [0.2, 0.25) is 0 Å². The molecule has 3 rings (SSSR count). The molecule has 0 saturated carbocycles. The lowest BCUT2D eigenvalue weighted by Crippen LogP contribution is -2.26. The van der Waals surface area contributed by atoms with E-state index in [4.69, 9.17) is 4.74 Å². The van der Waals surface area contributed by atoms with E-state index in [-0.39, 0.29) is 5.92 Å². The summed E-state index contributed by atoms with van der Waals surface area (Å²) in [5, 5.41) is 2.65. The lowest BCUT2D eigenvalue weighted by atomic mass is 9.98. The molecule has 0 bridgehead atoms. The number of nitrogens with one attached hydrogen (secondary N) is 1. The van der Waals surface area contributed by atoms with Crippen LogP contribution in [0, 0.1) is 0 Å². The second-order valence-electron chi connectivity index (χ2n) is 5.20. The Hall–Kier alpha value is -2.07. The molecule has 0 saturated heterocycles. The van der Waals surface area contributed by atoms with Crippen LogP contribution in [-0.2, 0) is 4.74 Å². The summed E-state index contributed by atoms with van der Waals surface area (Å²) in [7, 11) is 0. The van der Waals surface area contributed by atoms with Gasteiger partial charge in [0, 0.05) is 10.4 Å². The first-order valence-electron chi connectivity index (χ1n) is 7.09. The van der Waals surface area contributed by atoms with Gasteiger partial charge < -0.3 is 10.1 Å². The standard InChI is InChI=1S/C18H16BrNO2/c1-12(19)10-20-18(21)22-11-17-15-8-4-2-6-13(15)14-7-3-5-9-16(14)17/h2-9,17H,1,10-11H2,(H,20,21). The second kappa shape index (κ2) is 6.36. The molecule has 0 aromatic heterocycles. The van der Waals surface area contributed by atoms with Gasteiger partial charge in [0.15, 0.2) is 0 Å². The normalized spacial score (nSPS) is 12.4. The number of amides is 1. The van der Waals surface area contributed by atoms with Crippen molar-refractivity contribution in [3.63, 3.8) is 0 Å². The summed E-state index contributed by atoms with van der Waals surface area (Å²) in [5.41, 5.74) is 4.87. The fourth-order valence-electron chi connectivity index (χ4n) is 2.82. The van der Waals surface area contributed by atoms with Gasteiger partial charge in [-0.25, -0.2) is 4.79 Å². The molecule has 0 spiro atoms. The quantitative estimate of drug-likeness (QED) is 0.878. The van der Waals surface area contributed by atoms with E-state index in [9.17, 15) is 4.79 Å². The van der Waals surface area contributed by atoms with E-state index >= 15 is 0 Å². The molecular formula is C18H16BrNO2. The van der Waals surface area contributed by atoms with Crippen LogP contribution >= 0.6 is 15.9 Å². The molecule has 0 atom stereocenters. The summed E-state index contributed by atoms with van der Waals surface area (Å²) in [6.07, 6.45) is -0.428. The Kier molecular flexibility index (Phi) is 4.29. The van der Waals surface area contributed by atoms with Gasteiger partial charge in [-0.1, -0.05) is 71.0 Å². The largest absolute Gasteiger partial charge is 0.449 e. The third-order valence-electron chi connectivity index (χ3n) is 3.77. The van der Waals surface area contributed by atoms with Crippen LogP contribution in [0.15, 0.2) is 59.6 Å². The van der Waals surface area contributed by atoms with E-state index in [1.165, 1.54) is 22.3 Å². The Morgan fingerprint density at radius 2 is 1.64 bits per heavy atom. The highest BCUT2D eigenvalue weighted by atomic mass is 79.9. The summed E-state index contributed by atoms with van der Waals surface area (Å²) in [5.74, 6) is 0.0883. The molecule has 2 aromatic carbocycles. The number of fused-ring (bicyclic) bond motifs is 3. The number of benzene rings is 2. The molecule has 1 aliphatic carbocycles. The van der Waals surface area contributed by atoms with Crippen LogP contribution in [0.4, 0.5) is 4.79 Å². The minimum atomic E-state index is -0.428. The molecule has 112 valence electrons. The van der Waals surface area contributed by atoms with Crippen LogP contribution in [0.25, 0.3) is 11.1 Å². The molecule has 0 radical (unpaired) electrons. The predicted molar refractivity (Wildman–Crippen MR) is 91.1 cm³/mol. The number of ether oxygens (including phenoxy) is 1. The topological polar surface area (TPSA) is 38.3 Å². The van der Waals surface area contributed by atoms with E-state index in [0.717, 1.165) is 0 Å². The molecule has 1 aliphatic rings. The lowest BCUT2D eigenvalue weighted by Gasteiger charge is -2.14. The predicted octanol–water partition coefficient (Wildman–Crippen LogP) is 4.43. The molecule has 4 heteroatoms. The summed E-state index contributed by atoms with van der Waals surface area (Å²) >= 11 is 3.20. The van der Waals surface area contributed by atoms with Crippen molar-refractivity contribution in [3.05, 3.63) is 70.7 Å². The third-order valence-corrected chi connectivity index (χ3v) is 4.05. The zero-order valence-corrected chi connectivity index (χ0v) is 13.6. The maximum absolute atomic E-state index is 11.7. The number of halogens is 1. The van der Waals surface area contributed by atoms with Crippen LogP contribution in [0.1, 0.15) is 17.0 Å². The summed E-state index contributed by atoms with van der Waals surface area (Å²) in [6.45, 7) is 4.36. The fraction of sp³-hybridized carbons (Fsp3) is 0.167. The Balaban J connectivity index is 1.77. The highest BCUT2D eigenvalue weighted by molar-refractivity contribution is 9.11. The van der Waals surface area contributed by atoms with Gasteiger partial charge in [0.25, 0.3) is 0 Å². The van der Waals surface area contributed by atoms with Gasteiger partial charge >= 0.3 is 6.09 Å². The molecule has 1 N–H and O–H groups in total. The average molecular weight is 358 g/mol. The van der Waals surface area contributed by atoms with Crippen LogP contribution < -0.4 is 5.32 Å². The van der Waals surface area contributed by atoms with Gasteiger partial charge in [-0.05, 0) is 22.3 Å². The highest BCUT2D eigenvalue weighted by Crippen LogP contribution is 2.44. The fourth-order valence-corrected chi connectivity index (χ4v) is 2.96. The molecular weight excluding hydrogens is 342 g/mol. The van der Waals surface area contributed by atoms with Crippen LogP contribution in [0.3, 0.4) is 0 Å². The third kappa shape index (κ3) is 2.92. The zero-order valence-electron chi connectivity index (χ0n) is 12.0. The van der Waals surface area contributed by atoms with Crippen LogP contribution in [-0.4, -0.2) is 19.2 Å². The first-order valence-corrected chi connectivity index (χ1v) is 7.88. The number of hydrogen-bond donors (Lipinski definition) is 1. The Labute approximate surface area is 138 Å². The van der Waals surface area contributed by atoms with E-state index in [1.807, 2.05) is 24.3 Å². The smallest absolute Gasteiger partial charge is 0.407 e. The Bertz CT molecular complexity index is 681. The van der Waals surface area contributed by atoms with Crippen molar-refractivity contribution in [1.29, 1.82) is 0 Å². The molecule has 0 fully saturated rings. The van der Waals surface area contributed by atoms with Crippen molar-refractivity contribution >= 4 is 22.0 Å². The van der Waals surface area contributed by atoms with Gasteiger partial charge in [0.05, 0.1) is 6.54 Å². The van der Waals surface area contributed by atoms with Crippen molar-refractivity contribution < 1.29 is 9.53 Å². The van der Waals surface area contributed by atoms with Crippen LogP contribution in [0.5, 0.6) is 0 Å². The van der Waals surface area contributed by atoms with Crippen LogP contribution in [0.2, 0.25) is 0 Å². The first kappa shape index (κ1) is 14.9. The molecule has 2 aromatic rings. The maximum atomic E-state index is 11.7. The molecule has 0 unspecified atom stereocenters. The maximum Gasteiger partial charge on any atom is 0.407 e. The van der Waals surface area contributed by atoms with Crippen molar-refractivity contribution in [2.24, 2.45) is 0 Å².